The second-order valence-corrected chi connectivity index (χ2v) is 12.8. The lowest BCUT2D eigenvalue weighted by Crippen LogP contribution is -2.32. The molecule has 3 aromatic rings. The molecule has 40 heavy (non-hydrogen) atoms. The van der Waals surface area contributed by atoms with Gasteiger partial charge >= 0.3 is 0 Å². The predicted octanol–water partition coefficient (Wildman–Crippen LogP) is 7.45. The molecule has 10 heteroatoms. The Morgan fingerprint density at radius 1 is 1.15 bits per heavy atom. The number of hydrogen-bond donors (Lipinski definition) is 3. The highest BCUT2D eigenvalue weighted by Crippen LogP contribution is 2.28. The third-order valence-electron chi connectivity index (χ3n) is 6.12. The van der Waals surface area contributed by atoms with Crippen molar-refractivity contribution in [2.24, 2.45) is 5.92 Å². The minimum atomic E-state index is -1.23. The van der Waals surface area contributed by atoms with Crippen LogP contribution in [0.2, 0.25) is 0 Å². The molecule has 0 bridgehead atoms. The van der Waals surface area contributed by atoms with E-state index in [1.54, 1.807) is 12.3 Å². The van der Waals surface area contributed by atoms with Crippen molar-refractivity contribution in [2.75, 3.05) is 18.1 Å². The third-order valence-corrected chi connectivity index (χ3v) is 8.14. The highest BCUT2D eigenvalue weighted by molar-refractivity contribution is 7.82. The van der Waals surface area contributed by atoms with Crippen LogP contribution < -0.4 is 10.6 Å². The molecule has 0 spiro atoms. The first-order valence-electron chi connectivity index (χ1n) is 13.9. The lowest BCUT2D eigenvalue weighted by molar-refractivity contribution is -0.115. The fourth-order valence-corrected chi connectivity index (χ4v) is 5.18. The Labute approximate surface area is 252 Å². The van der Waals surface area contributed by atoms with Gasteiger partial charge in [0.25, 0.3) is 5.91 Å². The SMILES string of the molecule is CC.CCCC(C)(S)CCC(C)CC.CS(=O)n1ccc(C(=O)NCC(=O)Nc2nc(-c3ccccc3)cs2)c1. The van der Waals surface area contributed by atoms with Crippen molar-refractivity contribution >= 4 is 51.9 Å². The minimum absolute atomic E-state index is 0.181. The lowest BCUT2D eigenvalue weighted by Gasteiger charge is -2.24. The van der Waals surface area contributed by atoms with E-state index in [1.165, 1.54) is 59.9 Å². The standard InChI is InChI=1S/C17H16N4O3S2.C11H24S.C2H6/c1-26(24)21-8-7-13(10-21)16(23)18-9-15(22)20-17-19-14(11-25-17)12-5-3-2-4-6-12;1-5-8-11(4,12)9-7-10(3)6-2;1-2/h2-8,10-11H,9H2,1H3,(H,18,23)(H,19,20,22);10,12H,5-9H2,1-4H3;1-2H3. The number of thiazole rings is 1. The number of nitrogens with zero attached hydrogens (tertiary/aromatic N) is 2. The number of amides is 2. The number of aromatic nitrogens is 2. The molecule has 2 heterocycles. The van der Waals surface area contributed by atoms with Crippen LogP contribution in [0.25, 0.3) is 11.3 Å². The summed E-state index contributed by atoms with van der Waals surface area (Å²) in [5.41, 5.74) is 2.09. The van der Waals surface area contributed by atoms with Gasteiger partial charge in [0.05, 0.1) is 17.8 Å². The molecule has 0 saturated carbocycles. The van der Waals surface area contributed by atoms with Gasteiger partial charge < -0.3 is 10.6 Å². The van der Waals surface area contributed by atoms with Gasteiger partial charge in [-0.2, -0.15) is 12.6 Å². The predicted molar refractivity (Wildman–Crippen MR) is 175 cm³/mol. The van der Waals surface area contributed by atoms with E-state index in [9.17, 15) is 13.8 Å². The first-order valence-corrected chi connectivity index (χ1v) is 16.7. The van der Waals surface area contributed by atoms with Crippen LogP contribution in [0.4, 0.5) is 5.13 Å². The Bertz CT molecular complexity index is 1180. The van der Waals surface area contributed by atoms with Crippen molar-refractivity contribution in [1.29, 1.82) is 0 Å². The molecule has 3 atom stereocenters. The van der Waals surface area contributed by atoms with E-state index >= 15 is 0 Å². The first-order chi connectivity index (χ1) is 19.0. The average molecular weight is 607 g/mol. The quantitative estimate of drug-likeness (QED) is 0.187. The fraction of sp³-hybridized carbons (Fsp3) is 0.500. The zero-order valence-electron chi connectivity index (χ0n) is 24.9. The second-order valence-electron chi connectivity index (χ2n) is 9.62. The summed E-state index contributed by atoms with van der Waals surface area (Å²) in [6.45, 7) is 12.9. The molecule has 3 unspecified atom stereocenters. The van der Waals surface area contributed by atoms with Crippen LogP contribution in [0.5, 0.6) is 0 Å². The maximum atomic E-state index is 12.0. The Balaban J connectivity index is 0.000000484. The number of rotatable bonds is 12. The van der Waals surface area contributed by atoms with Crippen LogP contribution in [0, 0.1) is 5.92 Å². The van der Waals surface area contributed by atoms with Crippen LogP contribution in [0.3, 0.4) is 0 Å². The molecule has 2 amide bonds. The summed E-state index contributed by atoms with van der Waals surface area (Å²) in [5, 5.41) is 7.51. The molecular weight excluding hydrogens is 561 g/mol. The van der Waals surface area contributed by atoms with Gasteiger partial charge in [0.2, 0.25) is 5.91 Å². The Kier molecular flexibility index (Phi) is 16.8. The van der Waals surface area contributed by atoms with Crippen LogP contribution in [-0.2, 0) is 15.8 Å². The van der Waals surface area contributed by atoms with Crippen molar-refractivity contribution < 1.29 is 13.8 Å². The molecule has 7 nitrogen and oxygen atoms in total. The van der Waals surface area contributed by atoms with E-state index < -0.39 is 16.9 Å². The summed E-state index contributed by atoms with van der Waals surface area (Å²) in [7, 11) is -1.23. The highest BCUT2D eigenvalue weighted by Gasteiger charge is 2.18. The average Bonchev–Trinajstić information content (AvgIpc) is 3.63. The second kappa shape index (κ2) is 18.8. The van der Waals surface area contributed by atoms with Crippen molar-refractivity contribution in [1.82, 2.24) is 14.3 Å². The summed E-state index contributed by atoms with van der Waals surface area (Å²) < 4.78 is 13.0. The minimum Gasteiger partial charge on any atom is -0.343 e. The van der Waals surface area contributed by atoms with E-state index in [0.29, 0.717) is 10.7 Å². The zero-order chi connectivity index (χ0) is 30.1. The molecule has 0 fully saturated rings. The smallest absolute Gasteiger partial charge is 0.253 e. The maximum Gasteiger partial charge on any atom is 0.253 e. The number of carbonyl (C=O) groups excluding carboxylic acids is 2. The molecule has 222 valence electrons. The molecular formula is C30H46N4O3S3. The van der Waals surface area contributed by atoms with Gasteiger partial charge in [0.1, 0.15) is 11.0 Å². The van der Waals surface area contributed by atoms with Crippen LogP contribution in [0.15, 0.2) is 54.2 Å². The molecule has 2 aromatic heterocycles. The van der Waals surface area contributed by atoms with Gasteiger partial charge in [-0.15, -0.1) is 11.3 Å². The number of carbonyl (C=O) groups is 2. The molecule has 0 radical (unpaired) electrons. The van der Waals surface area contributed by atoms with Crippen molar-refractivity contribution in [3.8, 4) is 11.3 Å². The Morgan fingerprint density at radius 2 is 1.82 bits per heavy atom. The molecule has 0 aliphatic rings. The molecule has 0 aliphatic carbocycles. The summed E-state index contributed by atoms with van der Waals surface area (Å²) in [6, 6.07) is 11.2. The van der Waals surface area contributed by atoms with Gasteiger partial charge in [-0.05, 0) is 31.2 Å². The highest BCUT2D eigenvalue weighted by atomic mass is 32.2. The molecule has 3 rings (SSSR count). The van der Waals surface area contributed by atoms with E-state index in [0.717, 1.165) is 17.2 Å². The first kappa shape index (κ1) is 35.6. The molecule has 1 aromatic carbocycles. The summed E-state index contributed by atoms with van der Waals surface area (Å²) in [4.78, 5) is 28.4. The van der Waals surface area contributed by atoms with Gasteiger partial charge in [-0.1, -0.05) is 84.7 Å². The molecule has 0 saturated heterocycles. The number of nitrogens with one attached hydrogen (secondary N) is 2. The van der Waals surface area contributed by atoms with Crippen LogP contribution in [-0.4, -0.2) is 42.5 Å². The largest absolute Gasteiger partial charge is 0.343 e. The van der Waals surface area contributed by atoms with Crippen molar-refractivity contribution in [3.05, 3.63) is 59.7 Å². The van der Waals surface area contributed by atoms with Gasteiger partial charge in [0.15, 0.2) is 5.13 Å². The zero-order valence-corrected chi connectivity index (χ0v) is 27.4. The normalized spacial score (nSPS) is 13.4. The van der Waals surface area contributed by atoms with E-state index in [2.05, 4.69) is 55.9 Å². The Hall–Kier alpha value is -2.43. The molecule has 0 aliphatic heterocycles. The van der Waals surface area contributed by atoms with Crippen LogP contribution in [0.1, 0.15) is 84.0 Å². The summed E-state index contributed by atoms with van der Waals surface area (Å²) >= 11 is 6.00. The Morgan fingerprint density at radius 3 is 2.40 bits per heavy atom. The number of benzene rings is 1. The summed E-state index contributed by atoms with van der Waals surface area (Å²) in [6.07, 6.45) is 10.9. The number of anilines is 1. The van der Waals surface area contributed by atoms with E-state index in [4.69, 9.17) is 0 Å². The van der Waals surface area contributed by atoms with E-state index in [-0.39, 0.29) is 17.2 Å². The van der Waals surface area contributed by atoms with E-state index in [1.807, 2.05) is 49.6 Å². The van der Waals surface area contributed by atoms with Crippen LogP contribution >= 0.6 is 24.0 Å². The van der Waals surface area contributed by atoms with Gasteiger partial charge in [0, 0.05) is 34.3 Å². The monoisotopic (exact) mass is 606 g/mol. The molecule has 2 N–H and O–H groups in total. The lowest BCUT2D eigenvalue weighted by atomic mass is 9.93. The topological polar surface area (TPSA) is 93.1 Å². The summed E-state index contributed by atoms with van der Waals surface area (Å²) in [5.74, 6) is 0.0904. The number of thiol groups is 1. The van der Waals surface area contributed by atoms with Crippen molar-refractivity contribution in [3.63, 3.8) is 0 Å². The number of hydrogen-bond acceptors (Lipinski definition) is 6. The fourth-order valence-electron chi connectivity index (χ4n) is 3.59. The third kappa shape index (κ3) is 13.3. The van der Waals surface area contributed by atoms with Gasteiger partial charge in [-0.25, -0.2) is 9.19 Å². The van der Waals surface area contributed by atoms with Crippen molar-refractivity contribution in [2.45, 2.75) is 78.4 Å². The van der Waals surface area contributed by atoms with Gasteiger partial charge in [-0.3, -0.25) is 13.6 Å². The maximum absolute atomic E-state index is 12.0.